The van der Waals surface area contributed by atoms with Crippen LogP contribution >= 0.6 is 0 Å². The smallest absolute Gasteiger partial charge is 0.664 e. The Morgan fingerprint density at radius 3 is 2.06 bits per heavy atom. The van der Waals surface area contributed by atoms with Gasteiger partial charge in [-0.2, -0.15) is 11.4 Å². The number of fused-ring (bicyclic) bond motifs is 7. The van der Waals surface area contributed by atoms with E-state index in [2.05, 4.69) is 81.4 Å². The maximum Gasteiger partial charge on any atom is 2.00 e. The van der Waals surface area contributed by atoms with E-state index < -0.39 is 18.0 Å². The van der Waals surface area contributed by atoms with Gasteiger partial charge in [-0.25, -0.2) is 0 Å². The van der Waals surface area contributed by atoms with Gasteiger partial charge in [0.2, 0.25) is 0 Å². The monoisotopic (exact) mass is 897 g/mol. The van der Waals surface area contributed by atoms with Gasteiger partial charge in [0.1, 0.15) is 12.5 Å². The summed E-state index contributed by atoms with van der Waals surface area (Å²) in [5.41, 5.74) is 12.2. The molecule has 65 heavy (non-hydrogen) atoms. The third-order valence-electron chi connectivity index (χ3n) is 14.6. The first-order valence-electron chi connectivity index (χ1n) is 24.5. The second-order valence-corrected chi connectivity index (χ2v) is 19.8. The van der Waals surface area contributed by atoms with Gasteiger partial charge in [0.15, 0.2) is 0 Å². The molecule has 0 spiro atoms. The number of rotatable bonds is 20. The van der Waals surface area contributed by atoms with Crippen LogP contribution in [0.25, 0.3) is 29.1 Å². The van der Waals surface area contributed by atoms with E-state index in [9.17, 15) is 14.7 Å². The van der Waals surface area contributed by atoms with Crippen molar-refractivity contribution < 1.29 is 24.2 Å². The first kappa shape index (κ1) is 52.2. The Morgan fingerprint density at radius 2 is 1.42 bits per heavy atom. The first-order valence-corrected chi connectivity index (χ1v) is 24.5. The van der Waals surface area contributed by atoms with Gasteiger partial charge in [-0.15, -0.1) is 33.5 Å². The van der Waals surface area contributed by atoms with Crippen molar-refractivity contribution in [2.75, 3.05) is 13.7 Å². The number of aliphatic hydroxyl groups excluding tert-OH is 1. The summed E-state index contributed by atoms with van der Waals surface area (Å²) in [7, 11) is 1.35. The molecule has 1 fully saturated rings. The number of ether oxygens (including phenoxy) is 2. The quantitative estimate of drug-likeness (QED) is 0.0675. The first-order chi connectivity index (χ1) is 30.6. The average Bonchev–Trinajstić information content (AvgIpc) is 3.99. The summed E-state index contributed by atoms with van der Waals surface area (Å²) >= 11 is 0. The van der Waals surface area contributed by atoms with E-state index in [1.807, 2.05) is 19.1 Å². The van der Waals surface area contributed by atoms with Crippen LogP contribution in [0.4, 0.5) is 0 Å². The molecule has 1 aliphatic carbocycles. The van der Waals surface area contributed by atoms with Gasteiger partial charge in [0.25, 0.3) is 0 Å². The zero-order valence-electron chi connectivity index (χ0n) is 41.8. The standard InChI is InChI=1S/C55H76N4O5.Mg/c1-13-39-35(8)42-28-44-37(10)41(24-25-48(60)64-27-26-34(7)23-17-22-33(6)21-16-20-32(5)19-15-18-31(3)4)52(58-44)50-51(55(62)63-12)54(61)49-38(11)45(59-53(49)50)30-47-40(14-2)36(9)43(57-47)29-46(39)56-42;/h26,28-33,37,41,51,54,61H,13-25,27H2,1-12H3;/q-4;+2/b34-26+,43-29-,44-28-,47-30-,52-50-;/t32-,33+,37+,41+,51-,54-;/m1./s1. The number of carbonyl (C=O) groups excluding carboxylic acids is 2. The molecule has 1 saturated heterocycles. The Bertz CT molecular complexity index is 2370. The van der Waals surface area contributed by atoms with Gasteiger partial charge in [-0.1, -0.05) is 151 Å². The van der Waals surface area contributed by atoms with E-state index in [0.717, 1.165) is 93.5 Å². The van der Waals surface area contributed by atoms with Gasteiger partial charge < -0.3 is 34.8 Å². The van der Waals surface area contributed by atoms with Crippen molar-refractivity contribution >= 4 is 58.8 Å². The fourth-order valence-corrected chi connectivity index (χ4v) is 10.5. The minimum absolute atomic E-state index is 0. The predicted molar refractivity (Wildman–Crippen MR) is 264 cm³/mol. The largest absolute Gasteiger partial charge is 2.00 e. The Labute approximate surface area is 406 Å². The van der Waals surface area contributed by atoms with Crippen molar-refractivity contribution in [1.82, 2.24) is 15.0 Å². The topological polar surface area (TPSA) is 129 Å². The van der Waals surface area contributed by atoms with E-state index in [0.29, 0.717) is 34.6 Å². The molecular formula is C55H76MgN4O5-2. The molecule has 3 aromatic heterocycles. The van der Waals surface area contributed by atoms with Crippen molar-refractivity contribution in [2.45, 2.75) is 166 Å². The summed E-state index contributed by atoms with van der Waals surface area (Å²) in [4.78, 5) is 42.6. The Hall–Kier alpha value is -3.73. The van der Waals surface area contributed by atoms with E-state index in [-0.39, 0.29) is 53.9 Å². The molecule has 350 valence electrons. The van der Waals surface area contributed by atoms with Crippen LogP contribution in [0.3, 0.4) is 0 Å². The number of aromatic nitrogens is 3. The van der Waals surface area contributed by atoms with Crippen LogP contribution in [-0.2, 0) is 31.9 Å². The van der Waals surface area contributed by atoms with Crippen LogP contribution in [-0.4, -0.2) is 53.8 Å². The van der Waals surface area contributed by atoms with Crippen molar-refractivity contribution in [3.8, 4) is 0 Å². The molecular weight excluding hydrogens is 821 g/mol. The SMILES string of the molecule is CCc1c2[n-]c(c1C)/C=C1\[N-]/C(=C3\c4[n-]c(c(C)c4[C@@H](O)[C@@H]3C(=O)OC)/C=c3\[n-]/c(c(C)c3CC)=C\2)[C@@H](CCC(=O)OC/C=C(\C)CCC[C@@H](C)CCC[C@H](C)CCCC(C)C)[C@@H]1C.[Mg+2]. The second-order valence-electron chi connectivity index (χ2n) is 19.8. The number of allylic oxidation sites excluding steroid dienone is 3. The molecule has 3 aromatic rings. The minimum atomic E-state index is -1.17. The Morgan fingerprint density at radius 1 is 0.785 bits per heavy atom. The molecule has 6 rings (SSSR count). The van der Waals surface area contributed by atoms with E-state index in [1.165, 1.54) is 63.2 Å². The number of carbonyl (C=O) groups is 2. The summed E-state index contributed by atoms with van der Waals surface area (Å²) in [6, 6.07) is 0. The minimum Gasteiger partial charge on any atom is -0.664 e. The maximum absolute atomic E-state index is 13.7. The van der Waals surface area contributed by atoms with Crippen LogP contribution in [0, 0.1) is 56.3 Å². The second kappa shape index (κ2) is 23.3. The van der Waals surface area contributed by atoms with Gasteiger partial charge >= 0.3 is 35.0 Å². The van der Waals surface area contributed by atoms with Crippen molar-refractivity contribution in [3.05, 3.63) is 95.2 Å². The molecule has 1 N–H and O–H groups in total. The maximum atomic E-state index is 13.7. The normalized spacial score (nSPS) is 22.9. The molecule has 5 heterocycles. The van der Waals surface area contributed by atoms with Crippen LogP contribution in [0.2, 0.25) is 0 Å². The van der Waals surface area contributed by atoms with Crippen molar-refractivity contribution in [3.63, 3.8) is 0 Å². The molecule has 9 nitrogen and oxygen atoms in total. The Balaban J connectivity index is 0.00000793. The van der Waals surface area contributed by atoms with E-state index in [1.54, 1.807) is 0 Å². The third kappa shape index (κ3) is 11.9. The van der Waals surface area contributed by atoms with Gasteiger partial charge in [0.05, 0.1) is 13.2 Å². The fraction of sp³-hybridized carbons (Fsp3) is 0.600. The summed E-state index contributed by atoms with van der Waals surface area (Å²) in [6.07, 6.45) is 20.6. The van der Waals surface area contributed by atoms with Crippen LogP contribution in [0.5, 0.6) is 0 Å². The zero-order chi connectivity index (χ0) is 46.4. The molecule has 2 aliphatic heterocycles. The summed E-state index contributed by atoms with van der Waals surface area (Å²) in [6.45, 7) is 24.4. The van der Waals surface area contributed by atoms with Gasteiger partial charge in [-0.05, 0) is 101 Å². The molecule has 8 bridgehead atoms. The van der Waals surface area contributed by atoms with Crippen molar-refractivity contribution in [2.24, 2.45) is 35.5 Å². The number of hydrogen-bond donors (Lipinski definition) is 1. The zero-order valence-corrected chi connectivity index (χ0v) is 43.2. The molecule has 0 amide bonds. The van der Waals surface area contributed by atoms with Crippen LogP contribution in [0.15, 0.2) is 23.0 Å². The number of methoxy groups -OCH3 is 1. The van der Waals surface area contributed by atoms with Crippen molar-refractivity contribution in [1.29, 1.82) is 0 Å². The van der Waals surface area contributed by atoms with Gasteiger partial charge in [-0.3, -0.25) is 9.59 Å². The molecule has 0 radical (unpaired) electrons. The number of esters is 2. The third-order valence-corrected chi connectivity index (χ3v) is 14.6. The van der Waals surface area contributed by atoms with E-state index >= 15 is 0 Å². The summed E-state index contributed by atoms with van der Waals surface area (Å²) < 4.78 is 11.1. The molecule has 0 saturated carbocycles. The fourth-order valence-electron chi connectivity index (χ4n) is 10.5. The number of hydrogen-bond acceptors (Lipinski definition) is 5. The van der Waals surface area contributed by atoms with E-state index in [4.69, 9.17) is 29.7 Å². The van der Waals surface area contributed by atoms with Gasteiger partial charge in [0, 0.05) is 6.42 Å². The molecule has 0 aromatic carbocycles. The molecule has 3 aliphatic rings. The summed E-state index contributed by atoms with van der Waals surface area (Å²) in [5, 5.41) is 19.0. The molecule has 6 atom stereocenters. The molecule has 0 unspecified atom stereocenters. The average molecular weight is 898 g/mol. The molecule has 10 heteroatoms. The predicted octanol–water partition coefficient (Wildman–Crippen LogP) is 10.1. The van der Waals surface area contributed by atoms with Crippen LogP contribution in [0.1, 0.15) is 188 Å². The van der Waals surface area contributed by atoms with Crippen LogP contribution < -0.4 is 25.7 Å². The number of nitrogens with zero attached hydrogens (tertiary/aromatic N) is 4. The summed E-state index contributed by atoms with van der Waals surface area (Å²) in [5.74, 6) is 0.125. The Kier molecular flexibility index (Phi) is 18.7. The number of aliphatic hydroxyl groups is 1.